The van der Waals surface area contributed by atoms with Crippen molar-refractivity contribution in [1.82, 2.24) is 0 Å². The fourth-order valence-corrected chi connectivity index (χ4v) is 6.01. The number of esters is 1. The van der Waals surface area contributed by atoms with E-state index in [1.54, 1.807) is 0 Å². The summed E-state index contributed by atoms with van der Waals surface area (Å²) in [6.07, 6.45) is 28.7. The van der Waals surface area contributed by atoms with Crippen LogP contribution in [0.3, 0.4) is 0 Å². The molecule has 4 heteroatoms. The minimum Gasteiger partial charge on any atom is -0.494 e. The van der Waals surface area contributed by atoms with Crippen LogP contribution in [0.2, 0.25) is 0 Å². The summed E-state index contributed by atoms with van der Waals surface area (Å²) in [4.78, 5) is 12.8. The van der Waals surface area contributed by atoms with Crippen LogP contribution < -0.4 is 14.2 Å². The third-order valence-electron chi connectivity index (χ3n) is 8.76. The van der Waals surface area contributed by atoms with Crippen molar-refractivity contribution >= 4 is 5.97 Å². The van der Waals surface area contributed by atoms with Gasteiger partial charge in [-0.25, -0.2) is 4.79 Å². The van der Waals surface area contributed by atoms with Gasteiger partial charge in [0.2, 0.25) is 0 Å². The van der Waals surface area contributed by atoms with Crippen molar-refractivity contribution in [1.29, 1.82) is 0 Å². The number of rotatable bonds is 24. The van der Waals surface area contributed by atoms with Gasteiger partial charge in [-0.3, -0.25) is 0 Å². The first kappa shape index (κ1) is 35.0. The summed E-state index contributed by atoms with van der Waals surface area (Å²) >= 11 is 0. The normalized spacial score (nSPS) is 14.2. The average Bonchev–Trinajstić information content (AvgIpc) is 3.03. The monoisotopic (exact) mass is 592 g/mol. The highest BCUT2D eigenvalue weighted by atomic mass is 16.5. The van der Waals surface area contributed by atoms with Gasteiger partial charge in [-0.2, -0.15) is 0 Å². The van der Waals surface area contributed by atoms with E-state index in [-0.39, 0.29) is 5.97 Å². The third kappa shape index (κ3) is 14.7. The van der Waals surface area contributed by atoms with E-state index in [9.17, 15) is 4.79 Å². The van der Waals surface area contributed by atoms with Gasteiger partial charge in [0.15, 0.2) is 0 Å². The van der Waals surface area contributed by atoms with Crippen LogP contribution in [-0.2, 0) is 6.42 Å². The van der Waals surface area contributed by atoms with E-state index in [2.05, 4.69) is 13.8 Å². The molecule has 2 aromatic rings. The second kappa shape index (κ2) is 22.1. The van der Waals surface area contributed by atoms with Gasteiger partial charge < -0.3 is 14.2 Å². The van der Waals surface area contributed by atoms with E-state index in [1.807, 2.05) is 42.5 Å². The summed E-state index contributed by atoms with van der Waals surface area (Å²) in [6.45, 7) is 5.27. The lowest BCUT2D eigenvalue weighted by Crippen LogP contribution is -2.23. The Bertz CT molecular complexity index is 999. The molecule has 1 heterocycles. The molecule has 0 saturated heterocycles. The number of aryl methyl sites for hydroxylation is 1. The molecule has 0 saturated carbocycles. The maximum Gasteiger partial charge on any atom is 0.343 e. The molecule has 43 heavy (non-hydrogen) atoms. The van der Waals surface area contributed by atoms with Crippen LogP contribution in [0.5, 0.6) is 17.2 Å². The Labute approximate surface area is 263 Å². The molecule has 0 N–H and O–H groups in total. The molecule has 3 rings (SSSR count). The van der Waals surface area contributed by atoms with Crippen LogP contribution in [0.15, 0.2) is 42.5 Å². The smallest absolute Gasteiger partial charge is 0.343 e. The van der Waals surface area contributed by atoms with Crippen LogP contribution in [0.25, 0.3) is 0 Å². The molecular weight excluding hydrogens is 532 g/mol. The fraction of sp³-hybridized carbons (Fsp3) is 0.667. The molecule has 0 aromatic heterocycles. The van der Waals surface area contributed by atoms with Crippen LogP contribution in [0.4, 0.5) is 0 Å². The number of benzene rings is 2. The number of ether oxygens (including phenoxy) is 3. The molecule has 240 valence electrons. The number of fused-ring (bicyclic) bond motifs is 1. The SMILES string of the molecule is CCCCCCCCCCCCOc1ccc(OC(=O)c2ccc3c(c2)CC[C@H](CCCCCCCCCCC)O3)cc1. The molecule has 0 spiro atoms. The van der Waals surface area contributed by atoms with Gasteiger partial charge in [-0.15, -0.1) is 0 Å². The molecule has 0 radical (unpaired) electrons. The molecule has 2 aromatic carbocycles. The number of carbonyl (C=O) groups is 1. The zero-order valence-corrected chi connectivity index (χ0v) is 27.5. The Kier molecular flexibility index (Phi) is 18.0. The third-order valence-corrected chi connectivity index (χ3v) is 8.76. The zero-order valence-electron chi connectivity index (χ0n) is 27.5. The number of carbonyl (C=O) groups excluding carboxylic acids is 1. The van der Waals surface area contributed by atoms with Crippen LogP contribution in [-0.4, -0.2) is 18.7 Å². The topological polar surface area (TPSA) is 44.8 Å². The molecule has 0 amide bonds. The van der Waals surface area contributed by atoms with Crippen LogP contribution in [0, 0.1) is 0 Å². The summed E-state index contributed by atoms with van der Waals surface area (Å²) in [5.74, 6) is 1.94. The predicted molar refractivity (Wildman–Crippen MR) is 180 cm³/mol. The first-order valence-electron chi connectivity index (χ1n) is 17.9. The minimum atomic E-state index is -0.335. The number of hydrogen-bond acceptors (Lipinski definition) is 4. The van der Waals surface area contributed by atoms with Gasteiger partial charge in [-0.05, 0) is 80.1 Å². The standard InChI is InChI=1S/C39H60O4/c1-3-5-7-9-11-13-15-17-19-21-31-41-35-26-28-37(29-27-35)43-39(40)34-24-30-38-33(32-34)23-25-36(42-38)22-20-18-16-14-12-10-8-6-4-2/h24,26-30,32,36H,3-23,25,31H2,1-2H3/t36-/m0/s1. The number of hydrogen-bond donors (Lipinski definition) is 0. The summed E-state index contributed by atoms with van der Waals surface area (Å²) in [6, 6.07) is 13.1. The van der Waals surface area contributed by atoms with Crippen molar-refractivity contribution in [3.63, 3.8) is 0 Å². The lowest BCUT2D eigenvalue weighted by Gasteiger charge is -2.26. The van der Waals surface area contributed by atoms with Crippen molar-refractivity contribution in [3.05, 3.63) is 53.6 Å². The predicted octanol–water partition coefficient (Wildman–Crippen LogP) is 11.8. The quantitative estimate of drug-likeness (QED) is 0.0691. The molecule has 0 unspecified atom stereocenters. The average molecular weight is 593 g/mol. The molecule has 1 aliphatic heterocycles. The van der Waals surface area contributed by atoms with E-state index in [4.69, 9.17) is 14.2 Å². The van der Waals surface area contributed by atoms with E-state index < -0.39 is 0 Å². The molecule has 0 fully saturated rings. The second-order valence-electron chi connectivity index (χ2n) is 12.6. The van der Waals surface area contributed by atoms with Gasteiger partial charge in [0.25, 0.3) is 0 Å². The second-order valence-corrected chi connectivity index (χ2v) is 12.6. The lowest BCUT2D eigenvalue weighted by atomic mass is 9.97. The maximum atomic E-state index is 12.8. The summed E-state index contributed by atoms with van der Waals surface area (Å²) in [5, 5.41) is 0. The lowest BCUT2D eigenvalue weighted by molar-refractivity contribution is 0.0734. The van der Waals surface area contributed by atoms with Gasteiger partial charge in [0.1, 0.15) is 17.2 Å². The first-order valence-corrected chi connectivity index (χ1v) is 17.9. The highest BCUT2D eigenvalue weighted by Gasteiger charge is 2.21. The highest BCUT2D eigenvalue weighted by molar-refractivity contribution is 5.91. The molecule has 1 aliphatic rings. The summed E-state index contributed by atoms with van der Waals surface area (Å²) in [5.41, 5.74) is 1.68. The van der Waals surface area contributed by atoms with Crippen molar-refractivity contribution in [2.75, 3.05) is 6.61 Å². The Morgan fingerprint density at radius 2 is 1.21 bits per heavy atom. The van der Waals surface area contributed by atoms with Gasteiger partial charge in [0, 0.05) is 0 Å². The van der Waals surface area contributed by atoms with E-state index in [0.717, 1.165) is 49.4 Å². The van der Waals surface area contributed by atoms with Crippen molar-refractivity contribution in [2.45, 2.75) is 161 Å². The van der Waals surface area contributed by atoms with E-state index in [0.29, 0.717) is 17.4 Å². The van der Waals surface area contributed by atoms with Gasteiger partial charge in [0.05, 0.1) is 18.3 Å². The Morgan fingerprint density at radius 3 is 1.81 bits per heavy atom. The highest BCUT2D eigenvalue weighted by Crippen LogP contribution is 2.31. The van der Waals surface area contributed by atoms with Crippen molar-refractivity contribution < 1.29 is 19.0 Å². The molecular formula is C39H60O4. The Balaban J connectivity index is 1.28. The number of unbranched alkanes of at least 4 members (excludes halogenated alkanes) is 17. The molecule has 0 aliphatic carbocycles. The van der Waals surface area contributed by atoms with E-state index >= 15 is 0 Å². The zero-order chi connectivity index (χ0) is 30.4. The van der Waals surface area contributed by atoms with E-state index in [1.165, 1.54) is 116 Å². The first-order chi connectivity index (χ1) is 21.2. The van der Waals surface area contributed by atoms with Crippen LogP contribution in [0.1, 0.15) is 165 Å². The molecule has 1 atom stereocenters. The van der Waals surface area contributed by atoms with Crippen molar-refractivity contribution in [3.8, 4) is 17.2 Å². The van der Waals surface area contributed by atoms with Gasteiger partial charge in [-0.1, -0.05) is 123 Å². The molecule has 0 bridgehead atoms. The summed E-state index contributed by atoms with van der Waals surface area (Å²) in [7, 11) is 0. The molecule has 4 nitrogen and oxygen atoms in total. The Hall–Kier alpha value is -2.49. The van der Waals surface area contributed by atoms with Crippen molar-refractivity contribution in [2.24, 2.45) is 0 Å². The summed E-state index contributed by atoms with van der Waals surface area (Å²) < 4.78 is 17.8. The largest absolute Gasteiger partial charge is 0.494 e. The fourth-order valence-electron chi connectivity index (χ4n) is 6.01. The Morgan fingerprint density at radius 1 is 0.674 bits per heavy atom. The maximum absolute atomic E-state index is 12.8. The minimum absolute atomic E-state index is 0.292. The van der Waals surface area contributed by atoms with Crippen LogP contribution >= 0.6 is 0 Å². The van der Waals surface area contributed by atoms with Gasteiger partial charge >= 0.3 is 5.97 Å².